The van der Waals surface area contributed by atoms with Gasteiger partial charge in [-0.15, -0.1) is 0 Å². The SMILES string of the molecule is Cc1ccc(C(=O)c2ccc(C)c(Cl)c2)c(C)c1. The normalized spacial score (nSPS) is 10.4. The van der Waals surface area contributed by atoms with Crippen LogP contribution in [0.4, 0.5) is 0 Å². The number of hydrogen-bond acceptors (Lipinski definition) is 1. The van der Waals surface area contributed by atoms with Crippen molar-refractivity contribution in [1.29, 1.82) is 0 Å². The fraction of sp³-hybridized carbons (Fsp3) is 0.188. The Hall–Kier alpha value is -1.60. The fourth-order valence-corrected chi connectivity index (χ4v) is 2.14. The molecule has 0 saturated carbocycles. The fourth-order valence-electron chi connectivity index (χ4n) is 1.96. The summed E-state index contributed by atoms with van der Waals surface area (Å²) in [6.07, 6.45) is 0. The number of benzene rings is 2. The zero-order valence-electron chi connectivity index (χ0n) is 10.8. The van der Waals surface area contributed by atoms with Crippen molar-refractivity contribution < 1.29 is 4.79 Å². The van der Waals surface area contributed by atoms with Gasteiger partial charge in [-0.1, -0.05) is 47.5 Å². The Morgan fingerprint density at radius 1 is 0.944 bits per heavy atom. The van der Waals surface area contributed by atoms with Crippen LogP contribution in [0, 0.1) is 20.8 Å². The Labute approximate surface area is 112 Å². The highest BCUT2D eigenvalue weighted by molar-refractivity contribution is 6.31. The molecule has 0 aliphatic heterocycles. The predicted molar refractivity (Wildman–Crippen MR) is 75.5 cm³/mol. The van der Waals surface area contributed by atoms with Crippen molar-refractivity contribution in [2.75, 3.05) is 0 Å². The number of rotatable bonds is 2. The molecule has 2 aromatic carbocycles. The summed E-state index contributed by atoms with van der Waals surface area (Å²) in [5.41, 5.74) is 4.51. The molecule has 18 heavy (non-hydrogen) atoms. The van der Waals surface area contributed by atoms with E-state index < -0.39 is 0 Å². The Kier molecular flexibility index (Phi) is 3.53. The molecule has 0 fully saturated rings. The number of ketones is 1. The van der Waals surface area contributed by atoms with Crippen molar-refractivity contribution in [1.82, 2.24) is 0 Å². The zero-order chi connectivity index (χ0) is 13.3. The summed E-state index contributed by atoms with van der Waals surface area (Å²) in [6.45, 7) is 5.90. The van der Waals surface area contributed by atoms with Crippen LogP contribution in [0.5, 0.6) is 0 Å². The molecule has 0 bridgehead atoms. The molecule has 0 saturated heterocycles. The molecule has 0 amide bonds. The monoisotopic (exact) mass is 258 g/mol. The topological polar surface area (TPSA) is 17.1 Å². The maximum absolute atomic E-state index is 12.4. The standard InChI is InChI=1S/C16H15ClO/c1-10-4-7-14(12(3)8-10)16(18)13-6-5-11(2)15(17)9-13/h4-9H,1-3H3. The van der Waals surface area contributed by atoms with Crippen LogP contribution in [0.1, 0.15) is 32.6 Å². The number of carbonyl (C=O) groups is 1. The second-order valence-corrected chi connectivity index (χ2v) is 5.02. The van der Waals surface area contributed by atoms with E-state index in [-0.39, 0.29) is 5.78 Å². The van der Waals surface area contributed by atoms with Gasteiger partial charge in [-0.05, 0) is 38.0 Å². The van der Waals surface area contributed by atoms with Gasteiger partial charge in [0.2, 0.25) is 0 Å². The highest BCUT2D eigenvalue weighted by Gasteiger charge is 2.12. The minimum atomic E-state index is 0.0226. The molecule has 0 aromatic heterocycles. The molecule has 0 radical (unpaired) electrons. The quantitative estimate of drug-likeness (QED) is 0.725. The zero-order valence-corrected chi connectivity index (χ0v) is 11.5. The van der Waals surface area contributed by atoms with Crippen molar-refractivity contribution in [3.05, 3.63) is 69.2 Å². The van der Waals surface area contributed by atoms with Gasteiger partial charge in [0.25, 0.3) is 0 Å². The van der Waals surface area contributed by atoms with Gasteiger partial charge < -0.3 is 0 Å². The van der Waals surface area contributed by atoms with Gasteiger partial charge in [0.1, 0.15) is 0 Å². The third-order valence-electron chi connectivity index (χ3n) is 3.06. The van der Waals surface area contributed by atoms with Crippen molar-refractivity contribution in [2.45, 2.75) is 20.8 Å². The van der Waals surface area contributed by atoms with Crippen molar-refractivity contribution in [3.63, 3.8) is 0 Å². The number of hydrogen-bond donors (Lipinski definition) is 0. The Morgan fingerprint density at radius 2 is 1.67 bits per heavy atom. The Morgan fingerprint density at radius 3 is 2.28 bits per heavy atom. The molecule has 2 rings (SSSR count). The summed E-state index contributed by atoms with van der Waals surface area (Å²) in [5.74, 6) is 0.0226. The van der Waals surface area contributed by atoms with Gasteiger partial charge in [0.05, 0.1) is 0 Å². The predicted octanol–water partition coefficient (Wildman–Crippen LogP) is 4.50. The molecule has 0 heterocycles. The lowest BCUT2D eigenvalue weighted by Gasteiger charge is -2.07. The second kappa shape index (κ2) is 4.95. The first kappa shape index (κ1) is 12.8. The number of halogens is 1. The van der Waals surface area contributed by atoms with E-state index in [0.717, 1.165) is 22.3 Å². The third-order valence-corrected chi connectivity index (χ3v) is 3.47. The molecular formula is C16H15ClO. The lowest BCUT2D eigenvalue weighted by atomic mass is 9.97. The van der Waals surface area contributed by atoms with Gasteiger partial charge in [0.15, 0.2) is 5.78 Å². The number of aryl methyl sites for hydroxylation is 3. The molecule has 2 aromatic rings. The first-order valence-electron chi connectivity index (χ1n) is 5.87. The van der Waals surface area contributed by atoms with E-state index in [1.54, 1.807) is 6.07 Å². The highest BCUT2D eigenvalue weighted by atomic mass is 35.5. The smallest absolute Gasteiger partial charge is 0.193 e. The van der Waals surface area contributed by atoms with E-state index in [9.17, 15) is 4.79 Å². The molecule has 0 atom stereocenters. The van der Waals surface area contributed by atoms with E-state index in [1.807, 2.05) is 51.1 Å². The molecule has 0 unspecified atom stereocenters. The summed E-state index contributed by atoms with van der Waals surface area (Å²) < 4.78 is 0. The molecule has 0 spiro atoms. The maximum Gasteiger partial charge on any atom is 0.193 e. The molecule has 92 valence electrons. The van der Waals surface area contributed by atoms with E-state index in [2.05, 4.69) is 0 Å². The Bertz CT molecular complexity index is 614. The largest absolute Gasteiger partial charge is 0.289 e. The average molecular weight is 259 g/mol. The van der Waals surface area contributed by atoms with Crippen molar-refractivity contribution in [2.24, 2.45) is 0 Å². The van der Waals surface area contributed by atoms with Crippen LogP contribution in [0.2, 0.25) is 5.02 Å². The number of carbonyl (C=O) groups excluding carboxylic acids is 1. The van der Waals surface area contributed by atoms with Gasteiger partial charge in [0, 0.05) is 16.1 Å². The highest BCUT2D eigenvalue weighted by Crippen LogP contribution is 2.21. The molecule has 1 nitrogen and oxygen atoms in total. The molecular weight excluding hydrogens is 244 g/mol. The summed E-state index contributed by atoms with van der Waals surface area (Å²) in [5, 5.41) is 0.630. The molecule has 2 heteroatoms. The van der Waals surface area contributed by atoms with Crippen LogP contribution >= 0.6 is 11.6 Å². The van der Waals surface area contributed by atoms with Crippen LogP contribution in [0.15, 0.2) is 36.4 Å². The van der Waals surface area contributed by atoms with Gasteiger partial charge in [-0.2, -0.15) is 0 Å². The minimum Gasteiger partial charge on any atom is -0.289 e. The first-order chi connectivity index (χ1) is 8.49. The van der Waals surface area contributed by atoms with Crippen LogP contribution in [0.25, 0.3) is 0 Å². The van der Waals surface area contributed by atoms with E-state index in [4.69, 9.17) is 11.6 Å². The summed E-state index contributed by atoms with van der Waals surface area (Å²) in [7, 11) is 0. The van der Waals surface area contributed by atoms with Crippen LogP contribution < -0.4 is 0 Å². The lowest BCUT2D eigenvalue weighted by Crippen LogP contribution is -2.04. The molecule has 0 aliphatic carbocycles. The summed E-state index contributed by atoms with van der Waals surface area (Å²) in [6, 6.07) is 11.3. The van der Waals surface area contributed by atoms with Crippen molar-refractivity contribution in [3.8, 4) is 0 Å². The lowest BCUT2D eigenvalue weighted by molar-refractivity contribution is 0.103. The van der Waals surface area contributed by atoms with E-state index in [0.29, 0.717) is 10.6 Å². The molecule has 0 aliphatic rings. The van der Waals surface area contributed by atoms with E-state index >= 15 is 0 Å². The van der Waals surface area contributed by atoms with Crippen LogP contribution in [-0.2, 0) is 0 Å². The maximum atomic E-state index is 12.4. The Balaban J connectivity index is 2.44. The van der Waals surface area contributed by atoms with Gasteiger partial charge in [-0.3, -0.25) is 4.79 Å². The average Bonchev–Trinajstić information content (AvgIpc) is 2.32. The second-order valence-electron chi connectivity index (χ2n) is 4.61. The molecule has 0 N–H and O–H groups in total. The first-order valence-corrected chi connectivity index (χ1v) is 6.25. The van der Waals surface area contributed by atoms with E-state index in [1.165, 1.54) is 0 Å². The van der Waals surface area contributed by atoms with Crippen LogP contribution in [0.3, 0.4) is 0 Å². The summed E-state index contributed by atoms with van der Waals surface area (Å²) >= 11 is 6.06. The third kappa shape index (κ3) is 2.46. The summed E-state index contributed by atoms with van der Waals surface area (Å²) in [4.78, 5) is 12.4. The van der Waals surface area contributed by atoms with Crippen LogP contribution in [-0.4, -0.2) is 5.78 Å². The van der Waals surface area contributed by atoms with Gasteiger partial charge >= 0.3 is 0 Å². The minimum absolute atomic E-state index is 0.0226. The van der Waals surface area contributed by atoms with Crippen molar-refractivity contribution >= 4 is 17.4 Å². The van der Waals surface area contributed by atoms with Gasteiger partial charge in [-0.25, -0.2) is 0 Å².